The number of hydrogen-bond donors (Lipinski definition) is 1. The number of hydrogen-bond acceptors (Lipinski definition) is 5. The van der Waals surface area contributed by atoms with Gasteiger partial charge in [0.05, 0.1) is 11.4 Å². The Balaban J connectivity index is 2.01. The molecular weight excluding hydrogens is 333 g/mol. The molecule has 9 heteroatoms. The zero-order valence-corrected chi connectivity index (χ0v) is 13.7. The van der Waals surface area contributed by atoms with Gasteiger partial charge in [0.1, 0.15) is 17.0 Å². The first-order valence-electron chi connectivity index (χ1n) is 7.00. The van der Waals surface area contributed by atoms with Gasteiger partial charge in [0, 0.05) is 0 Å². The van der Waals surface area contributed by atoms with Crippen LogP contribution in [-0.4, -0.2) is 28.6 Å². The van der Waals surface area contributed by atoms with E-state index in [1.807, 2.05) is 0 Å². The maximum Gasteiger partial charge on any atom is 0.264 e. The third-order valence-corrected chi connectivity index (χ3v) is 4.84. The minimum Gasteiger partial charge on any atom is -0.279 e. The minimum atomic E-state index is -4.06. The lowest BCUT2D eigenvalue weighted by Gasteiger charge is -2.13. The van der Waals surface area contributed by atoms with Crippen molar-refractivity contribution in [1.82, 2.24) is 20.2 Å². The van der Waals surface area contributed by atoms with Gasteiger partial charge in [-0.1, -0.05) is 12.1 Å². The maximum atomic E-state index is 13.9. The van der Waals surface area contributed by atoms with E-state index < -0.39 is 20.7 Å². The van der Waals surface area contributed by atoms with Crippen LogP contribution >= 0.6 is 0 Å². The Labute approximate surface area is 138 Å². The van der Waals surface area contributed by atoms with Crippen LogP contribution in [0.15, 0.2) is 47.6 Å². The molecule has 3 aromatic rings. The van der Waals surface area contributed by atoms with Crippen molar-refractivity contribution in [3.63, 3.8) is 0 Å². The van der Waals surface area contributed by atoms with Gasteiger partial charge in [-0.15, -0.1) is 5.10 Å². The molecule has 3 rings (SSSR count). The Morgan fingerprint density at radius 1 is 1.12 bits per heavy atom. The number of aryl methyl sites for hydroxylation is 2. The molecule has 0 aliphatic rings. The van der Waals surface area contributed by atoms with E-state index in [0.717, 1.165) is 6.07 Å². The monoisotopic (exact) mass is 347 g/mol. The summed E-state index contributed by atoms with van der Waals surface area (Å²) in [4.78, 5) is -0.394. The number of aromatic nitrogens is 4. The molecule has 7 nitrogen and oxygen atoms in total. The van der Waals surface area contributed by atoms with Gasteiger partial charge in [0.25, 0.3) is 10.0 Å². The van der Waals surface area contributed by atoms with E-state index in [1.54, 1.807) is 32.0 Å². The van der Waals surface area contributed by atoms with Crippen molar-refractivity contribution in [3.05, 3.63) is 59.7 Å². The number of rotatable bonds is 4. The molecule has 0 spiro atoms. The molecule has 0 atom stereocenters. The Morgan fingerprint density at radius 3 is 2.62 bits per heavy atom. The van der Waals surface area contributed by atoms with Gasteiger partial charge in [-0.2, -0.15) is 0 Å². The average molecular weight is 347 g/mol. The third kappa shape index (κ3) is 3.11. The van der Waals surface area contributed by atoms with Crippen LogP contribution in [0.4, 0.5) is 10.1 Å². The van der Waals surface area contributed by atoms with Crippen molar-refractivity contribution < 1.29 is 12.8 Å². The van der Waals surface area contributed by atoms with E-state index in [2.05, 4.69) is 20.2 Å². The Bertz CT molecular complexity index is 987. The highest BCUT2D eigenvalue weighted by atomic mass is 32.2. The van der Waals surface area contributed by atoms with Crippen LogP contribution in [0.2, 0.25) is 0 Å². The highest BCUT2D eigenvalue weighted by Gasteiger charge is 2.20. The summed E-state index contributed by atoms with van der Waals surface area (Å²) in [5.41, 5.74) is 2.23. The summed E-state index contributed by atoms with van der Waals surface area (Å²) >= 11 is 0. The molecule has 0 bridgehead atoms. The fourth-order valence-corrected chi connectivity index (χ4v) is 3.44. The number of nitrogens with zero attached hydrogens (tertiary/aromatic N) is 4. The maximum absolute atomic E-state index is 13.9. The van der Waals surface area contributed by atoms with Crippen molar-refractivity contribution in [2.45, 2.75) is 18.7 Å². The Hall–Kier alpha value is -2.81. The smallest absolute Gasteiger partial charge is 0.264 e. The lowest BCUT2D eigenvalue weighted by atomic mass is 10.2. The van der Waals surface area contributed by atoms with Gasteiger partial charge in [-0.25, -0.2) is 17.5 Å². The third-order valence-electron chi connectivity index (χ3n) is 3.46. The molecule has 1 heterocycles. The van der Waals surface area contributed by atoms with E-state index in [-0.39, 0.29) is 0 Å². The summed E-state index contributed by atoms with van der Waals surface area (Å²) in [6.07, 6.45) is 1.39. The molecule has 124 valence electrons. The first-order valence-corrected chi connectivity index (χ1v) is 8.48. The van der Waals surface area contributed by atoms with Crippen molar-refractivity contribution in [3.8, 4) is 5.69 Å². The van der Waals surface area contributed by atoms with Gasteiger partial charge in [-0.3, -0.25) is 4.72 Å². The first kappa shape index (κ1) is 16.1. The highest BCUT2D eigenvalue weighted by Crippen LogP contribution is 2.24. The molecule has 24 heavy (non-hydrogen) atoms. The molecule has 0 aliphatic heterocycles. The van der Waals surface area contributed by atoms with Crippen LogP contribution in [0, 0.1) is 19.7 Å². The average Bonchev–Trinajstić information content (AvgIpc) is 3.06. The zero-order valence-electron chi connectivity index (χ0n) is 12.9. The zero-order chi connectivity index (χ0) is 17.3. The fourth-order valence-electron chi connectivity index (χ4n) is 2.16. The summed E-state index contributed by atoms with van der Waals surface area (Å²) < 4.78 is 42.8. The molecule has 0 aliphatic carbocycles. The highest BCUT2D eigenvalue weighted by molar-refractivity contribution is 7.92. The molecule has 0 unspecified atom stereocenters. The predicted octanol–water partition coefficient (Wildman–Crippen LogP) is 2.22. The van der Waals surface area contributed by atoms with Gasteiger partial charge >= 0.3 is 0 Å². The summed E-state index contributed by atoms with van der Waals surface area (Å²) in [7, 11) is -4.06. The standard InChI is InChI=1S/C15H14FN5O2S/c1-10-3-6-13(16)15(7-10)24(22,23)18-14-8-12(5-4-11(14)2)21-9-17-19-20-21/h3-9,18H,1-2H3. The Morgan fingerprint density at radius 2 is 1.92 bits per heavy atom. The SMILES string of the molecule is Cc1ccc(F)c(S(=O)(=O)Nc2cc(-n3cnnn3)ccc2C)c1. The van der Waals surface area contributed by atoms with E-state index in [1.165, 1.54) is 23.1 Å². The van der Waals surface area contributed by atoms with E-state index in [0.29, 0.717) is 22.5 Å². The topological polar surface area (TPSA) is 89.8 Å². The number of tetrazole rings is 1. The molecule has 2 aromatic carbocycles. The molecule has 0 fully saturated rings. The van der Waals surface area contributed by atoms with Gasteiger partial charge in [0.15, 0.2) is 0 Å². The lowest BCUT2D eigenvalue weighted by Crippen LogP contribution is -2.16. The summed E-state index contributed by atoms with van der Waals surface area (Å²) in [5, 5.41) is 10.8. The van der Waals surface area contributed by atoms with E-state index in [4.69, 9.17) is 0 Å². The second-order valence-corrected chi connectivity index (χ2v) is 6.94. The fraction of sp³-hybridized carbons (Fsp3) is 0.133. The van der Waals surface area contributed by atoms with Crippen molar-refractivity contribution in [2.24, 2.45) is 0 Å². The minimum absolute atomic E-state index is 0.323. The number of benzene rings is 2. The number of nitrogens with one attached hydrogen (secondary N) is 1. The van der Waals surface area contributed by atoms with Crippen molar-refractivity contribution >= 4 is 15.7 Å². The molecule has 1 N–H and O–H groups in total. The molecular formula is C15H14FN5O2S. The first-order chi connectivity index (χ1) is 11.4. The van der Waals surface area contributed by atoms with Gasteiger partial charge in [-0.05, 0) is 59.7 Å². The van der Waals surface area contributed by atoms with E-state index in [9.17, 15) is 12.8 Å². The van der Waals surface area contributed by atoms with Gasteiger partial charge < -0.3 is 0 Å². The molecule has 1 aromatic heterocycles. The largest absolute Gasteiger partial charge is 0.279 e. The number of anilines is 1. The second kappa shape index (κ2) is 6.00. The summed E-state index contributed by atoms with van der Waals surface area (Å²) in [6, 6.07) is 8.99. The number of halogens is 1. The Kier molecular flexibility index (Phi) is 4.02. The van der Waals surface area contributed by atoms with Crippen LogP contribution in [0.1, 0.15) is 11.1 Å². The molecule has 0 radical (unpaired) electrons. The molecule has 0 saturated carbocycles. The van der Waals surface area contributed by atoms with Crippen molar-refractivity contribution in [2.75, 3.05) is 4.72 Å². The van der Waals surface area contributed by atoms with Crippen LogP contribution in [-0.2, 0) is 10.0 Å². The quantitative estimate of drug-likeness (QED) is 0.781. The van der Waals surface area contributed by atoms with E-state index >= 15 is 0 Å². The lowest BCUT2D eigenvalue weighted by molar-refractivity contribution is 0.570. The van der Waals surface area contributed by atoms with Crippen LogP contribution < -0.4 is 4.72 Å². The normalized spacial score (nSPS) is 11.5. The van der Waals surface area contributed by atoms with Crippen LogP contribution in [0.3, 0.4) is 0 Å². The van der Waals surface area contributed by atoms with Gasteiger partial charge in [0.2, 0.25) is 0 Å². The summed E-state index contributed by atoms with van der Waals surface area (Å²) in [5.74, 6) is -0.803. The summed E-state index contributed by atoms with van der Waals surface area (Å²) in [6.45, 7) is 3.44. The molecule has 0 amide bonds. The van der Waals surface area contributed by atoms with Crippen LogP contribution in [0.25, 0.3) is 5.69 Å². The second-order valence-electron chi connectivity index (χ2n) is 5.29. The predicted molar refractivity (Wildman–Crippen MR) is 85.8 cm³/mol. The van der Waals surface area contributed by atoms with Crippen LogP contribution in [0.5, 0.6) is 0 Å². The number of sulfonamides is 1. The molecule has 0 saturated heterocycles. The van der Waals surface area contributed by atoms with Crippen molar-refractivity contribution in [1.29, 1.82) is 0 Å².